The van der Waals surface area contributed by atoms with Gasteiger partial charge in [0.2, 0.25) is 5.95 Å². The smallest absolute Gasteiger partial charge is 0.278 e. The van der Waals surface area contributed by atoms with Crippen molar-refractivity contribution in [1.29, 1.82) is 0 Å². The predicted molar refractivity (Wildman–Crippen MR) is 152 cm³/mol. The normalized spacial score (nSPS) is 19.9. The van der Waals surface area contributed by atoms with Crippen molar-refractivity contribution >= 4 is 34.3 Å². The minimum atomic E-state index is -0.166. The van der Waals surface area contributed by atoms with Gasteiger partial charge in [0.25, 0.3) is 11.5 Å². The van der Waals surface area contributed by atoms with Crippen LogP contribution < -0.4 is 20.5 Å². The Balaban J connectivity index is 1.24. The number of carbonyl (C=O) groups excluding carboxylic acids is 1. The molecule has 0 saturated heterocycles. The van der Waals surface area contributed by atoms with Crippen LogP contribution in [0.4, 0.5) is 17.3 Å². The molecule has 3 aliphatic heterocycles. The van der Waals surface area contributed by atoms with Gasteiger partial charge in [-0.2, -0.15) is 4.98 Å². The van der Waals surface area contributed by atoms with Crippen LogP contribution in [-0.2, 0) is 23.3 Å². The van der Waals surface area contributed by atoms with Crippen molar-refractivity contribution < 1.29 is 9.53 Å². The van der Waals surface area contributed by atoms with E-state index in [0.717, 1.165) is 24.5 Å². The molecule has 0 atom stereocenters. The molecule has 1 aliphatic carbocycles. The standard InChI is InChI=1S/C30H29N7O3/c1-34-16-19-5-6-20(13-23(19)30(18-34)9-10-30)32-29-31-15-22-27(33-29)37-21-7-8-25-24(14-21)35(26(38)17-40-25)11-3-2-4-12-36(37)28(22)39/h2,4-8,13-15H,3,9-12,16-18H2,1H3,(H,31,32,33)/b4-2+. The third-order valence-corrected chi connectivity index (χ3v) is 8.57. The Bertz CT molecular complexity index is 1800. The number of carbonyl (C=O) groups is 1. The molecule has 4 aliphatic rings. The van der Waals surface area contributed by atoms with E-state index in [4.69, 9.17) is 9.72 Å². The summed E-state index contributed by atoms with van der Waals surface area (Å²) in [4.78, 5) is 39.7. The van der Waals surface area contributed by atoms with Gasteiger partial charge in [0, 0.05) is 36.9 Å². The van der Waals surface area contributed by atoms with E-state index in [2.05, 4.69) is 40.4 Å². The van der Waals surface area contributed by atoms with Crippen molar-refractivity contribution in [3.05, 3.63) is 76.2 Å². The number of likely N-dealkylation sites (N-methyl/N-ethyl adjacent to an activating group) is 1. The maximum Gasteiger partial charge on any atom is 0.278 e. The number of fused-ring (bicyclic) bond motifs is 7. The van der Waals surface area contributed by atoms with Gasteiger partial charge in [0.05, 0.1) is 17.9 Å². The minimum Gasteiger partial charge on any atom is -0.482 e. The Morgan fingerprint density at radius 3 is 2.85 bits per heavy atom. The zero-order chi connectivity index (χ0) is 27.0. The summed E-state index contributed by atoms with van der Waals surface area (Å²) < 4.78 is 9.18. The molecule has 8 rings (SSSR count). The summed E-state index contributed by atoms with van der Waals surface area (Å²) in [6.45, 7) is 3.00. The molecule has 1 amide bonds. The molecule has 5 heterocycles. The molecule has 1 N–H and O–H groups in total. The molecule has 2 aromatic carbocycles. The number of ether oxygens (including phenoxy) is 1. The largest absolute Gasteiger partial charge is 0.482 e. The molecule has 1 fully saturated rings. The molecule has 4 aromatic rings. The summed E-state index contributed by atoms with van der Waals surface area (Å²) in [6.07, 6.45) is 8.68. The van der Waals surface area contributed by atoms with Crippen LogP contribution in [0.3, 0.4) is 0 Å². The number of nitrogens with zero attached hydrogens (tertiary/aromatic N) is 6. The average Bonchev–Trinajstić information content (AvgIpc) is 3.66. The lowest BCUT2D eigenvalue weighted by Gasteiger charge is -2.32. The number of hydrogen-bond acceptors (Lipinski definition) is 7. The van der Waals surface area contributed by atoms with E-state index in [-0.39, 0.29) is 23.5 Å². The van der Waals surface area contributed by atoms with Gasteiger partial charge in [0.1, 0.15) is 11.1 Å². The second-order valence-corrected chi connectivity index (χ2v) is 11.3. The molecule has 1 spiro atoms. The van der Waals surface area contributed by atoms with Crippen LogP contribution >= 0.6 is 0 Å². The maximum absolute atomic E-state index is 13.5. The molecule has 0 unspecified atom stereocenters. The van der Waals surface area contributed by atoms with Crippen LogP contribution in [0.2, 0.25) is 0 Å². The fourth-order valence-electron chi connectivity index (χ4n) is 6.52. The Morgan fingerprint density at radius 1 is 1.07 bits per heavy atom. The fourth-order valence-corrected chi connectivity index (χ4v) is 6.52. The van der Waals surface area contributed by atoms with Crippen molar-refractivity contribution in [1.82, 2.24) is 24.2 Å². The van der Waals surface area contributed by atoms with Crippen molar-refractivity contribution in [3.8, 4) is 11.4 Å². The van der Waals surface area contributed by atoms with E-state index in [9.17, 15) is 9.59 Å². The lowest BCUT2D eigenvalue weighted by atomic mass is 9.87. The average molecular weight is 536 g/mol. The lowest BCUT2D eigenvalue weighted by molar-refractivity contribution is -0.121. The summed E-state index contributed by atoms with van der Waals surface area (Å²) in [5.74, 6) is 1.00. The van der Waals surface area contributed by atoms with Gasteiger partial charge in [0.15, 0.2) is 12.3 Å². The van der Waals surface area contributed by atoms with Crippen molar-refractivity contribution in [2.75, 3.05) is 37.0 Å². The second-order valence-electron chi connectivity index (χ2n) is 11.3. The number of amides is 1. The van der Waals surface area contributed by atoms with Crippen molar-refractivity contribution in [2.45, 2.75) is 37.8 Å². The highest BCUT2D eigenvalue weighted by molar-refractivity contribution is 5.98. The minimum absolute atomic E-state index is 0.0238. The highest BCUT2D eigenvalue weighted by atomic mass is 16.5. The Morgan fingerprint density at radius 2 is 1.98 bits per heavy atom. The molecular weight excluding hydrogens is 506 g/mol. The van der Waals surface area contributed by atoms with Gasteiger partial charge in [-0.1, -0.05) is 18.2 Å². The molecule has 0 radical (unpaired) electrons. The van der Waals surface area contributed by atoms with Crippen LogP contribution in [0.25, 0.3) is 16.7 Å². The van der Waals surface area contributed by atoms with Crippen LogP contribution in [0.1, 0.15) is 30.4 Å². The third-order valence-electron chi connectivity index (χ3n) is 8.57. The third kappa shape index (κ3) is 3.59. The van der Waals surface area contributed by atoms with E-state index in [0.29, 0.717) is 47.9 Å². The summed E-state index contributed by atoms with van der Waals surface area (Å²) >= 11 is 0. The number of rotatable bonds is 2. The van der Waals surface area contributed by atoms with Crippen LogP contribution in [0, 0.1) is 0 Å². The first kappa shape index (κ1) is 23.4. The van der Waals surface area contributed by atoms with Gasteiger partial charge in [-0.25, -0.2) is 14.3 Å². The molecular formula is C30H29N7O3. The van der Waals surface area contributed by atoms with E-state index < -0.39 is 0 Å². The van der Waals surface area contributed by atoms with Gasteiger partial charge in [-0.3, -0.25) is 9.59 Å². The molecule has 10 nitrogen and oxygen atoms in total. The Labute approximate surface area is 230 Å². The van der Waals surface area contributed by atoms with E-state index >= 15 is 0 Å². The number of aromatic nitrogens is 4. The zero-order valence-electron chi connectivity index (χ0n) is 22.3. The molecule has 10 heteroatoms. The van der Waals surface area contributed by atoms with Crippen molar-refractivity contribution in [2.24, 2.45) is 0 Å². The molecule has 1 saturated carbocycles. The number of benzene rings is 2. The second kappa shape index (κ2) is 8.53. The summed E-state index contributed by atoms with van der Waals surface area (Å²) in [7, 11) is 2.19. The monoisotopic (exact) mass is 535 g/mol. The number of nitrogens with one attached hydrogen (secondary N) is 1. The Hall–Kier alpha value is -4.44. The lowest BCUT2D eigenvalue weighted by Crippen LogP contribution is -2.39. The van der Waals surface area contributed by atoms with Gasteiger partial charge < -0.3 is 19.9 Å². The topological polar surface area (TPSA) is 97.5 Å². The fraction of sp³-hybridized carbons (Fsp3) is 0.333. The van der Waals surface area contributed by atoms with Gasteiger partial charge in [-0.15, -0.1) is 0 Å². The molecule has 202 valence electrons. The maximum atomic E-state index is 13.5. The first-order valence-corrected chi connectivity index (χ1v) is 13.8. The van der Waals surface area contributed by atoms with Crippen molar-refractivity contribution in [3.63, 3.8) is 0 Å². The number of hydrogen-bond donors (Lipinski definition) is 1. The zero-order valence-corrected chi connectivity index (χ0v) is 22.3. The van der Waals surface area contributed by atoms with E-state index in [1.807, 2.05) is 35.0 Å². The highest BCUT2D eigenvalue weighted by Crippen LogP contribution is 2.52. The first-order chi connectivity index (χ1) is 19.5. The Kier molecular flexibility index (Phi) is 5.00. The number of anilines is 3. The van der Waals surface area contributed by atoms with Crippen LogP contribution in [-0.4, -0.2) is 56.9 Å². The molecule has 40 heavy (non-hydrogen) atoms. The molecule has 2 aromatic heterocycles. The summed E-state index contributed by atoms with van der Waals surface area (Å²) in [5.41, 5.74) is 5.78. The van der Waals surface area contributed by atoms with Crippen LogP contribution in [0.5, 0.6) is 5.75 Å². The van der Waals surface area contributed by atoms with Gasteiger partial charge in [-0.05, 0) is 67.8 Å². The quantitative estimate of drug-likeness (QED) is 0.393. The predicted octanol–water partition coefficient (Wildman–Crippen LogP) is 3.49. The van der Waals surface area contributed by atoms with E-state index in [1.165, 1.54) is 24.0 Å². The SMILES string of the molecule is CN1Cc2ccc(Nc3ncc4c(=O)n5n(c4n3)-c3ccc4c(c3)N(CC/C=C/C5)C(=O)CO4)cc2C2(CC2)C1. The number of allylic oxidation sites excluding steroid dienone is 1. The highest BCUT2D eigenvalue weighted by Gasteiger charge is 2.48. The van der Waals surface area contributed by atoms with Crippen LogP contribution in [0.15, 0.2) is 59.5 Å². The molecule has 2 bridgehead atoms. The first-order valence-electron chi connectivity index (χ1n) is 13.8. The van der Waals surface area contributed by atoms with E-state index in [1.54, 1.807) is 15.8 Å². The summed E-state index contributed by atoms with van der Waals surface area (Å²) in [6, 6.07) is 12.2. The van der Waals surface area contributed by atoms with Gasteiger partial charge >= 0.3 is 0 Å². The summed E-state index contributed by atoms with van der Waals surface area (Å²) in [5, 5.41) is 3.83.